The molecule has 2 unspecified atom stereocenters. The first-order chi connectivity index (χ1) is 16.2. The highest BCUT2D eigenvalue weighted by Crippen LogP contribution is 2.43. The SMILES string of the molecule is Cn1nc(C(F)(F)F)cc1OCc1c(S(C)(=O)=O)ccc(C(O)=C2C(=O)C3CCC(C3)C2=O)c1Cl. The maximum atomic E-state index is 13.0. The number of allylic oxidation sites excluding steroid dienone is 1. The number of aromatic nitrogens is 2. The van der Waals surface area contributed by atoms with Crippen molar-refractivity contribution in [2.75, 3.05) is 6.26 Å². The molecule has 2 fully saturated rings. The third-order valence-corrected chi connectivity index (χ3v) is 7.86. The topological polar surface area (TPSA) is 116 Å². The summed E-state index contributed by atoms with van der Waals surface area (Å²) >= 11 is 6.44. The molecular weight excluding hydrogens is 513 g/mol. The van der Waals surface area contributed by atoms with E-state index in [0.717, 1.165) is 17.0 Å². The summed E-state index contributed by atoms with van der Waals surface area (Å²) in [7, 11) is -2.67. The lowest BCUT2D eigenvalue weighted by Gasteiger charge is -2.21. The summed E-state index contributed by atoms with van der Waals surface area (Å²) in [5.41, 5.74) is -1.89. The monoisotopic (exact) mass is 532 g/mol. The summed E-state index contributed by atoms with van der Waals surface area (Å²) in [6.45, 7) is -0.596. The molecule has 1 heterocycles. The van der Waals surface area contributed by atoms with Crippen molar-refractivity contribution in [3.05, 3.63) is 45.6 Å². The van der Waals surface area contributed by atoms with E-state index in [2.05, 4.69) is 5.10 Å². The third-order valence-electron chi connectivity index (χ3n) is 6.25. The number of aryl methyl sites for hydroxylation is 1. The van der Waals surface area contributed by atoms with Crippen molar-refractivity contribution in [3.63, 3.8) is 0 Å². The predicted molar refractivity (Wildman–Crippen MR) is 117 cm³/mol. The predicted octanol–water partition coefficient (Wildman–Crippen LogP) is 3.91. The Morgan fingerprint density at radius 2 is 1.83 bits per heavy atom. The van der Waals surface area contributed by atoms with Gasteiger partial charge in [0.2, 0.25) is 5.88 Å². The maximum absolute atomic E-state index is 13.0. The van der Waals surface area contributed by atoms with E-state index in [1.807, 2.05) is 0 Å². The van der Waals surface area contributed by atoms with Gasteiger partial charge in [0.15, 0.2) is 27.1 Å². The number of ketones is 2. The van der Waals surface area contributed by atoms with Gasteiger partial charge in [0.25, 0.3) is 0 Å². The normalized spacial score (nSPS) is 20.5. The molecule has 2 aromatic rings. The number of hydrogen-bond acceptors (Lipinski definition) is 7. The van der Waals surface area contributed by atoms with Gasteiger partial charge in [-0.15, -0.1) is 0 Å². The van der Waals surface area contributed by atoms with Gasteiger partial charge in [-0.05, 0) is 31.4 Å². The van der Waals surface area contributed by atoms with E-state index in [1.54, 1.807) is 0 Å². The molecule has 1 aromatic heterocycles. The molecule has 2 aliphatic rings. The number of benzene rings is 1. The number of ether oxygens (including phenoxy) is 1. The Morgan fingerprint density at radius 1 is 1.23 bits per heavy atom. The molecule has 0 radical (unpaired) electrons. The van der Waals surface area contributed by atoms with Gasteiger partial charge in [0.1, 0.15) is 17.9 Å². The average molecular weight is 533 g/mol. The zero-order valence-electron chi connectivity index (χ0n) is 18.5. The van der Waals surface area contributed by atoms with Crippen molar-refractivity contribution >= 4 is 38.8 Å². The van der Waals surface area contributed by atoms with Gasteiger partial charge in [0, 0.05) is 42.3 Å². The summed E-state index contributed by atoms with van der Waals surface area (Å²) in [6, 6.07) is 2.95. The van der Waals surface area contributed by atoms with Crippen molar-refractivity contribution in [2.24, 2.45) is 18.9 Å². The number of nitrogens with zero attached hydrogens (tertiary/aromatic N) is 2. The van der Waals surface area contributed by atoms with Crippen molar-refractivity contribution < 1.29 is 41.0 Å². The van der Waals surface area contributed by atoms with Crippen LogP contribution >= 0.6 is 11.6 Å². The van der Waals surface area contributed by atoms with Crippen molar-refractivity contribution in [1.82, 2.24) is 9.78 Å². The minimum Gasteiger partial charge on any atom is -0.506 e. The highest BCUT2D eigenvalue weighted by atomic mass is 35.5. The zero-order valence-corrected chi connectivity index (χ0v) is 20.1. The van der Waals surface area contributed by atoms with Gasteiger partial charge in [0.05, 0.1) is 9.92 Å². The summed E-state index contributed by atoms with van der Waals surface area (Å²) < 4.78 is 69.8. The number of hydrogen-bond donors (Lipinski definition) is 1. The minimum absolute atomic E-state index is 0.156. The highest BCUT2D eigenvalue weighted by molar-refractivity contribution is 7.90. The number of carbonyl (C=O) groups excluding carboxylic acids is 2. The van der Waals surface area contributed by atoms with Crippen LogP contribution in [0, 0.1) is 11.8 Å². The second kappa shape index (κ2) is 8.66. The Bertz CT molecular complexity index is 1360. The van der Waals surface area contributed by atoms with Crippen LogP contribution in [-0.4, -0.2) is 41.1 Å². The van der Waals surface area contributed by atoms with Crippen LogP contribution in [0.25, 0.3) is 5.76 Å². The average Bonchev–Trinajstić information content (AvgIpc) is 3.36. The second-order valence-corrected chi connectivity index (χ2v) is 11.0. The summed E-state index contributed by atoms with van der Waals surface area (Å²) in [5.74, 6) is -2.70. The quantitative estimate of drug-likeness (QED) is 0.352. The molecule has 4 rings (SSSR count). The van der Waals surface area contributed by atoms with E-state index in [1.165, 1.54) is 13.1 Å². The fraction of sp³-hybridized carbons (Fsp3) is 0.409. The van der Waals surface area contributed by atoms with E-state index in [4.69, 9.17) is 16.3 Å². The van der Waals surface area contributed by atoms with Gasteiger partial charge in [-0.3, -0.25) is 9.59 Å². The molecule has 0 saturated heterocycles. The van der Waals surface area contributed by atoms with E-state index in [-0.39, 0.29) is 44.3 Å². The fourth-order valence-electron chi connectivity index (χ4n) is 4.49. The number of aliphatic hydroxyl groups is 1. The number of Topliss-reactive ketones (excluding diaryl/α,β-unsaturated/α-hetero) is 2. The van der Waals surface area contributed by atoms with E-state index in [0.29, 0.717) is 25.3 Å². The molecule has 2 saturated carbocycles. The van der Waals surface area contributed by atoms with Crippen LogP contribution in [0.3, 0.4) is 0 Å². The lowest BCUT2D eigenvalue weighted by molar-refractivity contribution is -0.141. The van der Waals surface area contributed by atoms with E-state index >= 15 is 0 Å². The molecule has 188 valence electrons. The van der Waals surface area contributed by atoms with Crippen molar-refractivity contribution in [2.45, 2.75) is 36.9 Å². The molecule has 2 bridgehead atoms. The fourth-order valence-corrected chi connectivity index (χ4v) is 5.78. The van der Waals surface area contributed by atoms with Gasteiger partial charge >= 0.3 is 6.18 Å². The van der Waals surface area contributed by atoms with Gasteiger partial charge < -0.3 is 9.84 Å². The third kappa shape index (κ3) is 4.56. The number of rotatable bonds is 5. The molecule has 2 aliphatic carbocycles. The molecule has 8 nitrogen and oxygen atoms in total. The smallest absolute Gasteiger partial charge is 0.435 e. The number of halogens is 4. The number of fused-ring (bicyclic) bond motifs is 2. The van der Waals surface area contributed by atoms with Crippen LogP contribution in [0.4, 0.5) is 13.2 Å². The van der Waals surface area contributed by atoms with Crippen molar-refractivity contribution in [3.8, 4) is 5.88 Å². The number of sulfone groups is 1. The zero-order chi connectivity index (χ0) is 25.9. The first-order valence-corrected chi connectivity index (χ1v) is 12.7. The molecule has 0 spiro atoms. The van der Waals surface area contributed by atoms with Gasteiger partial charge in [-0.2, -0.15) is 18.3 Å². The van der Waals surface area contributed by atoms with Crippen LogP contribution in [0.5, 0.6) is 5.88 Å². The molecule has 2 atom stereocenters. The Hall–Kier alpha value is -2.86. The Labute approximate surface area is 203 Å². The van der Waals surface area contributed by atoms with Crippen LogP contribution in [-0.2, 0) is 39.3 Å². The molecule has 13 heteroatoms. The molecule has 1 N–H and O–H groups in total. The van der Waals surface area contributed by atoms with Crippen LogP contribution < -0.4 is 4.74 Å². The largest absolute Gasteiger partial charge is 0.506 e. The number of aliphatic hydroxyl groups excluding tert-OH is 1. The van der Waals surface area contributed by atoms with E-state index < -0.39 is 45.6 Å². The summed E-state index contributed by atoms with van der Waals surface area (Å²) in [6.07, 6.45) is -2.31. The summed E-state index contributed by atoms with van der Waals surface area (Å²) in [5, 5.41) is 13.9. The lowest BCUT2D eigenvalue weighted by Crippen LogP contribution is -2.30. The van der Waals surface area contributed by atoms with Crippen molar-refractivity contribution in [1.29, 1.82) is 0 Å². The number of carbonyl (C=O) groups is 2. The highest BCUT2D eigenvalue weighted by Gasteiger charge is 2.45. The van der Waals surface area contributed by atoms with E-state index in [9.17, 15) is 36.3 Å². The first kappa shape index (κ1) is 25.2. The Morgan fingerprint density at radius 3 is 2.34 bits per heavy atom. The Kier molecular flexibility index (Phi) is 6.25. The molecule has 35 heavy (non-hydrogen) atoms. The van der Waals surface area contributed by atoms with Crippen LogP contribution in [0.1, 0.15) is 36.1 Å². The summed E-state index contributed by atoms with van der Waals surface area (Å²) in [4.78, 5) is 25.2. The molecule has 1 aromatic carbocycles. The second-order valence-electron chi connectivity index (χ2n) is 8.61. The van der Waals surface area contributed by atoms with Gasteiger partial charge in [-0.1, -0.05) is 11.6 Å². The van der Waals surface area contributed by atoms with Gasteiger partial charge in [-0.25, -0.2) is 13.1 Å². The molecule has 0 aliphatic heterocycles. The Balaban J connectivity index is 1.77. The van der Waals surface area contributed by atoms with Crippen LogP contribution in [0.15, 0.2) is 28.7 Å². The minimum atomic E-state index is -4.72. The first-order valence-electron chi connectivity index (χ1n) is 10.5. The standard InChI is InChI=1S/C22H20ClF3N2O6S/c1-28-16(8-15(27-28)22(24,25)26)34-9-13-14(35(2,32)33)6-5-12(18(13)23)21(31)17-19(29)10-3-4-11(7-10)20(17)30/h5-6,8,10-11,31H,3-4,7,9H2,1-2H3. The maximum Gasteiger partial charge on any atom is 0.435 e. The van der Waals surface area contributed by atoms with Crippen LogP contribution in [0.2, 0.25) is 5.02 Å². The number of alkyl halides is 3. The lowest BCUT2D eigenvalue weighted by atomic mass is 9.81. The molecular formula is C22H20ClF3N2O6S. The molecule has 0 amide bonds.